The SMILES string of the molecule is O=C(COC(=O)c1ccc(F)cc1)NCCOc1ccccc1. The first-order valence-electron chi connectivity index (χ1n) is 7.02. The molecule has 1 N–H and O–H groups in total. The average Bonchev–Trinajstić information content (AvgIpc) is 2.58. The van der Waals surface area contributed by atoms with Crippen LogP contribution in [0.2, 0.25) is 0 Å². The molecule has 0 aromatic heterocycles. The fourth-order valence-corrected chi connectivity index (χ4v) is 1.73. The Balaban J connectivity index is 1.63. The molecule has 0 saturated carbocycles. The van der Waals surface area contributed by atoms with Crippen LogP contribution < -0.4 is 10.1 Å². The Bertz CT molecular complexity index is 643. The first-order valence-corrected chi connectivity index (χ1v) is 7.02. The van der Waals surface area contributed by atoms with E-state index in [4.69, 9.17) is 9.47 Å². The number of carbonyl (C=O) groups excluding carboxylic acids is 2. The largest absolute Gasteiger partial charge is 0.492 e. The van der Waals surface area contributed by atoms with E-state index in [0.717, 1.165) is 12.1 Å². The number of benzene rings is 2. The summed E-state index contributed by atoms with van der Waals surface area (Å²) >= 11 is 0. The third kappa shape index (κ3) is 5.78. The standard InChI is InChI=1S/C17H16FNO4/c18-14-8-6-13(7-9-14)17(21)23-12-16(20)19-10-11-22-15-4-2-1-3-5-15/h1-9H,10-12H2,(H,19,20). The first kappa shape index (κ1) is 16.5. The van der Waals surface area contributed by atoms with E-state index in [1.54, 1.807) is 0 Å². The van der Waals surface area contributed by atoms with Crippen molar-refractivity contribution in [2.45, 2.75) is 0 Å². The highest BCUT2D eigenvalue weighted by atomic mass is 19.1. The van der Waals surface area contributed by atoms with Crippen molar-refractivity contribution < 1.29 is 23.5 Å². The third-order valence-electron chi connectivity index (χ3n) is 2.85. The molecule has 5 nitrogen and oxygen atoms in total. The zero-order valence-corrected chi connectivity index (χ0v) is 12.3. The number of hydrogen-bond acceptors (Lipinski definition) is 4. The molecule has 0 unspecified atom stereocenters. The second-order valence-corrected chi connectivity index (χ2v) is 4.59. The Kier molecular flexibility index (Phi) is 6.11. The Morgan fingerprint density at radius 2 is 1.70 bits per heavy atom. The molecule has 0 fully saturated rings. The lowest BCUT2D eigenvalue weighted by molar-refractivity contribution is -0.124. The van der Waals surface area contributed by atoms with Gasteiger partial charge in [0.25, 0.3) is 5.91 Å². The zero-order chi connectivity index (χ0) is 16.5. The maximum Gasteiger partial charge on any atom is 0.338 e. The van der Waals surface area contributed by atoms with Crippen LogP contribution >= 0.6 is 0 Å². The molecular weight excluding hydrogens is 301 g/mol. The predicted molar refractivity (Wildman–Crippen MR) is 81.6 cm³/mol. The van der Waals surface area contributed by atoms with Gasteiger partial charge >= 0.3 is 5.97 Å². The Labute approximate surface area is 133 Å². The van der Waals surface area contributed by atoms with Crippen molar-refractivity contribution in [2.24, 2.45) is 0 Å². The van der Waals surface area contributed by atoms with E-state index in [2.05, 4.69) is 5.32 Å². The Morgan fingerprint density at radius 3 is 2.39 bits per heavy atom. The minimum atomic E-state index is -0.680. The lowest BCUT2D eigenvalue weighted by Gasteiger charge is -2.08. The summed E-state index contributed by atoms with van der Waals surface area (Å²) in [4.78, 5) is 23.2. The highest BCUT2D eigenvalue weighted by Gasteiger charge is 2.09. The minimum absolute atomic E-state index is 0.187. The molecule has 23 heavy (non-hydrogen) atoms. The van der Waals surface area contributed by atoms with Gasteiger partial charge in [-0.3, -0.25) is 4.79 Å². The molecule has 0 atom stereocenters. The second kappa shape index (κ2) is 8.53. The molecule has 2 aromatic rings. The molecule has 2 rings (SSSR count). The van der Waals surface area contributed by atoms with E-state index in [1.165, 1.54) is 12.1 Å². The molecule has 120 valence electrons. The summed E-state index contributed by atoms with van der Waals surface area (Å²) in [7, 11) is 0. The van der Waals surface area contributed by atoms with Crippen LogP contribution in [0.1, 0.15) is 10.4 Å². The Morgan fingerprint density at radius 1 is 1.00 bits per heavy atom. The number of para-hydroxylation sites is 1. The monoisotopic (exact) mass is 317 g/mol. The van der Waals surface area contributed by atoms with Crippen LogP contribution in [0.25, 0.3) is 0 Å². The highest BCUT2D eigenvalue weighted by molar-refractivity contribution is 5.91. The van der Waals surface area contributed by atoms with Gasteiger partial charge in [0, 0.05) is 0 Å². The van der Waals surface area contributed by atoms with Crippen LogP contribution in [0, 0.1) is 5.82 Å². The van der Waals surface area contributed by atoms with Gasteiger partial charge in [0.2, 0.25) is 0 Å². The van der Waals surface area contributed by atoms with Gasteiger partial charge in [0.05, 0.1) is 12.1 Å². The number of hydrogen-bond donors (Lipinski definition) is 1. The highest BCUT2D eigenvalue weighted by Crippen LogP contribution is 2.07. The number of carbonyl (C=O) groups is 2. The number of nitrogens with one attached hydrogen (secondary N) is 1. The van der Waals surface area contributed by atoms with E-state index in [9.17, 15) is 14.0 Å². The smallest absolute Gasteiger partial charge is 0.338 e. The molecule has 6 heteroatoms. The second-order valence-electron chi connectivity index (χ2n) is 4.59. The molecule has 0 aliphatic heterocycles. The molecular formula is C17H16FNO4. The van der Waals surface area contributed by atoms with Crippen molar-refractivity contribution >= 4 is 11.9 Å². The van der Waals surface area contributed by atoms with E-state index < -0.39 is 24.3 Å². The summed E-state index contributed by atoms with van der Waals surface area (Å²) in [5.74, 6) is -0.847. The van der Waals surface area contributed by atoms with Crippen molar-refractivity contribution in [3.63, 3.8) is 0 Å². The molecule has 1 amide bonds. The summed E-state index contributed by atoms with van der Waals surface area (Å²) < 4.78 is 23.0. The molecule has 0 radical (unpaired) electrons. The van der Waals surface area contributed by atoms with Crippen molar-refractivity contribution in [1.82, 2.24) is 5.32 Å². The average molecular weight is 317 g/mol. The molecule has 2 aromatic carbocycles. The van der Waals surface area contributed by atoms with Crippen LogP contribution in [-0.4, -0.2) is 31.6 Å². The lowest BCUT2D eigenvalue weighted by Crippen LogP contribution is -2.32. The lowest BCUT2D eigenvalue weighted by atomic mass is 10.2. The number of rotatable bonds is 7. The summed E-state index contributed by atoms with van der Waals surface area (Å²) in [6.07, 6.45) is 0. The molecule has 0 saturated heterocycles. The van der Waals surface area contributed by atoms with Gasteiger partial charge in [-0.1, -0.05) is 18.2 Å². The summed E-state index contributed by atoms with van der Waals surface area (Å²) in [5.41, 5.74) is 0.187. The topological polar surface area (TPSA) is 64.6 Å². The fourth-order valence-electron chi connectivity index (χ4n) is 1.73. The van der Waals surface area contributed by atoms with E-state index in [-0.39, 0.29) is 5.56 Å². The van der Waals surface area contributed by atoms with Crippen molar-refractivity contribution in [1.29, 1.82) is 0 Å². The van der Waals surface area contributed by atoms with Gasteiger partial charge in [0.15, 0.2) is 6.61 Å². The van der Waals surface area contributed by atoms with Gasteiger partial charge in [-0.05, 0) is 36.4 Å². The molecule has 0 spiro atoms. The maximum atomic E-state index is 12.7. The van der Waals surface area contributed by atoms with Crippen molar-refractivity contribution in [2.75, 3.05) is 19.8 Å². The normalized spacial score (nSPS) is 9.96. The summed E-state index contributed by atoms with van der Waals surface area (Å²) in [6, 6.07) is 14.1. The minimum Gasteiger partial charge on any atom is -0.492 e. The Hall–Kier alpha value is -2.89. The first-order chi connectivity index (χ1) is 11.1. The molecule has 0 heterocycles. The number of esters is 1. The molecule has 0 aliphatic rings. The molecule has 0 bridgehead atoms. The summed E-state index contributed by atoms with van der Waals surface area (Å²) in [6.45, 7) is 0.199. The third-order valence-corrected chi connectivity index (χ3v) is 2.85. The van der Waals surface area contributed by atoms with Crippen LogP contribution in [0.4, 0.5) is 4.39 Å². The van der Waals surface area contributed by atoms with Crippen molar-refractivity contribution in [3.05, 3.63) is 66.0 Å². The maximum absolute atomic E-state index is 12.7. The van der Waals surface area contributed by atoms with Crippen molar-refractivity contribution in [3.8, 4) is 5.75 Å². The van der Waals surface area contributed by atoms with Crippen LogP contribution in [-0.2, 0) is 9.53 Å². The van der Waals surface area contributed by atoms with Gasteiger partial charge in [-0.2, -0.15) is 0 Å². The number of amides is 1. The quantitative estimate of drug-likeness (QED) is 0.628. The molecule has 0 aliphatic carbocycles. The van der Waals surface area contributed by atoms with E-state index >= 15 is 0 Å². The zero-order valence-electron chi connectivity index (χ0n) is 12.3. The van der Waals surface area contributed by atoms with Crippen LogP contribution in [0.15, 0.2) is 54.6 Å². The van der Waals surface area contributed by atoms with Crippen LogP contribution in [0.5, 0.6) is 5.75 Å². The van der Waals surface area contributed by atoms with Gasteiger partial charge < -0.3 is 14.8 Å². The van der Waals surface area contributed by atoms with E-state index in [1.807, 2.05) is 30.3 Å². The van der Waals surface area contributed by atoms with Gasteiger partial charge in [-0.25, -0.2) is 9.18 Å². The van der Waals surface area contributed by atoms with Gasteiger partial charge in [-0.15, -0.1) is 0 Å². The number of ether oxygens (including phenoxy) is 2. The fraction of sp³-hybridized carbons (Fsp3) is 0.176. The van der Waals surface area contributed by atoms with Crippen LogP contribution in [0.3, 0.4) is 0 Å². The van der Waals surface area contributed by atoms with Gasteiger partial charge in [0.1, 0.15) is 18.2 Å². The predicted octanol–water partition coefficient (Wildman–Crippen LogP) is 2.18. The van der Waals surface area contributed by atoms with E-state index in [0.29, 0.717) is 18.9 Å². The number of halogens is 1. The summed E-state index contributed by atoms with van der Waals surface area (Å²) in [5, 5.41) is 2.57.